The summed E-state index contributed by atoms with van der Waals surface area (Å²) in [6.07, 6.45) is 2.26. The van der Waals surface area contributed by atoms with Crippen LogP contribution in [0, 0.1) is 5.92 Å². The molecule has 3 nitrogen and oxygen atoms in total. The summed E-state index contributed by atoms with van der Waals surface area (Å²) in [5, 5.41) is 8.30. The van der Waals surface area contributed by atoms with Gasteiger partial charge >= 0.3 is 5.97 Å². The van der Waals surface area contributed by atoms with Crippen molar-refractivity contribution in [2.75, 3.05) is 0 Å². The topological polar surface area (TPSA) is 63.3 Å². The molecule has 0 aromatic heterocycles. The van der Waals surface area contributed by atoms with Crippen molar-refractivity contribution in [3.63, 3.8) is 0 Å². The average Bonchev–Trinajstić information content (AvgIpc) is 1.82. The minimum Gasteiger partial charge on any atom is -0.477 e. The predicted octanol–water partition coefficient (Wildman–Crippen LogP) is 0.960. The van der Waals surface area contributed by atoms with Crippen LogP contribution in [0.3, 0.4) is 0 Å². The van der Waals surface area contributed by atoms with Crippen molar-refractivity contribution in [3.8, 4) is 0 Å². The second kappa shape index (κ2) is 3.93. The molecule has 0 unspecified atom stereocenters. The highest BCUT2D eigenvalue weighted by molar-refractivity contribution is 5.85. The van der Waals surface area contributed by atoms with Crippen molar-refractivity contribution in [2.45, 2.75) is 20.3 Å². The van der Waals surface area contributed by atoms with E-state index in [4.69, 9.17) is 10.8 Å². The third-order valence-electron chi connectivity index (χ3n) is 1.06. The van der Waals surface area contributed by atoms with Gasteiger partial charge in [0.2, 0.25) is 0 Å². The van der Waals surface area contributed by atoms with Crippen molar-refractivity contribution in [1.82, 2.24) is 0 Å². The minimum absolute atomic E-state index is 0.0614. The maximum absolute atomic E-state index is 10.1. The largest absolute Gasteiger partial charge is 0.477 e. The Bertz CT molecular complexity index is 150. The zero-order chi connectivity index (χ0) is 8.15. The van der Waals surface area contributed by atoms with Crippen LogP contribution in [0.2, 0.25) is 0 Å². The van der Waals surface area contributed by atoms with Crippen molar-refractivity contribution >= 4 is 5.97 Å². The van der Waals surface area contributed by atoms with Gasteiger partial charge in [-0.1, -0.05) is 19.9 Å². The fourth-order valence-electron chi connectivity index (χ4n) is 0.450. The summed E-state index contributed by atoms with van der Waals surface area (Å²) in [6.45, 7) is 4.01. The normalized spacial score (nSPS) is 12.1. The van der Waals surface area contributed by atoms with E-state index in [9.17, 15) is 4.79 Å². The summed E-state index contributed by atoms with van der Waals surface area (Å²) >= 11 is 0. The van der Waals surface area contributed by atoms with E-state index in [0.29, 0.717) is 5.92 Å². The van der Waals surface area contributed by atoms with Crippen LogP contribution in [0.4, 0.5) is 0 Å². The zero-order valence-electron chi connectivity index (χ0n) is 6.29. The second-order valence-electron chi connectivity index (χ2n) is 2.59. The molecule has 0 atom stereocenters. The molecule has 0 fully saturated rings. The molecule has 0 heterocycles. The number of aliphatic carboxylic acids is 1. The third kappa shape index (κ3) is 3.95. The van der Waals surface area contributed by atoms with E-state index < -0.39 is 5.97 Å². The van der Waals surface area contributed by atoms with E-state index in [0.717, 1.165) is 6.42 Å². The number of carboxylic acid groups (broad SMARTS) is 1. The Morgan fingerprint density at radius 3 is 2.50 bits per heavy atom. The first kappa shape index (κ1) is 9.01. The fraction of sp³-hybridized carbons (Fsp3) is 0.571. The Hall–Kier alpha value is -0.990. The molecular weight excluding hydrogens is 130 g/mol. The molecule has 0 aliphatic carbocycles. The molecule has 10 heavy (non-hydrogen) atoms. The lowest BCUT2D eigenvalue weighted by Crippen LogP contribution is -2.09. The van der Waals surface area contributed by atoms with Gasteiger partial charge in [0.15, 0.2) is 0 Å². The smallest absolute Gasteiger partial charge is 0.351 e. The summed E-state index contributed by atoms with van der Waals surface area (Å²) < 4.78 is 0. The highest BCUT2D eigenvalue weighted by atomic mass is 16.4. The van der Waals surface area contributed by atoms with Gasteiger partial charge < -0.3 is 10.8 Å². The van der Waals surface area contributed by atoms with Crippen molar-refractivity contribution in [3.05, 3.63) is 11.8 Å². The molecule has 58 valence electrons. The van der Waals surface area contributed by atoms with Gasteiger partial charge in [0, 0.05) is 0 Å². The summed E-state index contributed by atoms with van der Waals surface area (Å²) in [7, 11) is 0. The number of allylic oxidation sites excluding steroid dienone is 1. The lowest BCUT2D eigenvalue weighted by Gasteiger charge is -1.97. The molecular formula is C7H13NO2. The van der Waals surface area contributed by atoms with Gasteiger partial charge in [-0.05, 0) is 12.3 Å². The summed E-state index contributed by atoms with van der Waals surface area (Å²) in [5.74, 6) is -0.585. The first-order chi connectivity index (χ1) is 4.54. The van der Waals surface area contributed by atoms with Crippen molar-refractivity contribution in [1.29, 1.82) is 0 Å². The molecule has 0 saturated carbocycles. The predicted molar refractivity (Wildman–Crippen MR) is 39.4 cm³/mol. The Balaban J connectivity index is 3.81. The number of hydrogen-bond donors (Lipinski definition) is 2. The summed E-state index contributed by atoms with van der Waals surface area (Å²) in [5.41, 5.74) is 5.06. The molecule has 0 amide bonds. The molecule has 0 rings (SSSR count). The lowest BCUT2D eigenvalue weighted by atomic mass is 10.1. The van der Waals surface area contributed by atoms with E-state index in [-0.39, 0.29) is 5.70 Å². The van der Waals surface area contributed by atoms with Crippen molar-refractivity contribution in [2.24, 2.45) is 11.7 Å². The van der Waals surface area contributed by atoms with E-state index in [2.05, 4.69) is 0 Å². The van der Waals surface area contributed by atoms with Crippen LogP contribution >= 0.6 is 0 Å². The SMILES string of the molecule is CC(C)CC=C(N)C(=O)O. The monoisotopic (exact) mass is 143 g/mol. The molecule has 0 aliphatic rings. The molecule has 0 aromatic carbocycles. The molecule has 3 N–H and O–H groups in total. The highest BCUT2D eigenvalue weighted by Gasteiger charge is 1.99. The van der Waals surface area contributed by atoms with Crippen LogP contribution in [-0.4, -0.2) is 11.1 Å². The number of carbonyl (C=O) groups is 1. The minimum atomic E-state index is -1.04. The number of carboxylic acids is 1. The molecule has 0 aromatic rings. The van der Waals surface area contributed by atoms with Gasteiger partial charge in [-0.3, -0.25) is 0 Å². The highest BCUT2D eigenvalue weighted by Crippen LogP contribution is 2.01. The van der Waals surface area contributed by atoms with Gasteiger partial charge in [0.1, 0.15) is 5.70 Å². The molecule has 3 heteroatoms. The Kier molecular flexibility index (Phi) is 3.54. The third-order valence-corrected chi connectivity index (χ3v) is 1.06. The maximum Gasteiger partial charge on any atom is 0.351 e. The molecule has 0 bridgehead atoms. The van der Waals surface area contributed by atoms with Crippen LogP contribution in [0.1, 0.15) is 20.3 Å². The van der Waals surface area contributed by atoms with Crippen LogP contribution in [0.5, 0.6) is 0 Å². The fourth-order valence-corrected chi connectivity index (χ4v) is 0.450. The van der Waals surface area contributed by atoms with E-state index >= 15 is 0 Å². The Morgan fingerprint density at radius 1 is 1.70 bits per heavy atom. The standard InChI is InChI=1S/C7H13NO2/c1-5(2)3-4-6(8)7(9)10/h4-5H,3,8H2,1-2H3,(H,9,10). The van der Waals surface area contributed by atoms with Crippen molar-refractivity contribution < 1.29 is 9.90 Å². The van der Waals surface area contributed by atoms with E-state index in [1.165, 1.54) is 6.08 Å². The summed E-state index contributed by atoms with van der Waals surface area (Å²) in [6, 6.07) is 0. The van der Waals surface area contributed by atoms with E-state index in [1.807, 2.05) is 13.8 Å². The Labute approximate surface area is 60.5 Å². The molecule has 0 spiro atoms. The van der Waals surface area contributed by atoms with Crippen LogP contribution in [0.15, 0.2) is 11.8 Å². The van der Waals surface area contributed by atoms with Crippen LogP contribution in [0.25, 0.3) is 0 Å². The van der Waals surface area contributed by atoms with Crippen LogP contribution < -0.4 is 5.73 Å². The zero-order valence-corrected chi connectivity index (χ0v) is 6.29. The van der Waals surface area contributed by atoms with Gasteiger partial charge in [-0.25, -0.2) is 4.79 Å². The maximum atomic E-state index is 10.1. The van der Waals surface area contributed by atoms with Gasteiger partial charge in [-0.15, -0.1) is 0 Å². The molecule has 0 aliphatic heterocycles. The van der Waals surface area contributed by atoms with E-state index in [1.54, 1.807) is 0 Å². The molecule has 0 saturated heterocycles. The first-order valence-corrected chi connectivity index (χ1v) is 3.23. The molecule has 0 radical (unpaired) electrons. The number of hydrogen-bond acceptors (Lipinski definition) is 2. The average molecular weight is 143 g/mol. The van der Waals surface area contributed by atoms with Gasteiger partial charge in [0.05, 0.1) is 0 Å². The second-order valence-corrected chi connectivity index (χ2v) is 2.59. The number of nitrogens with two attached hydrogens (primary N) is 1. The summed E-state index contributed by atoms with van der Waals surface area (Å²) in [4.78, 5) is 10.1. The quantitative estimate of drug-likeness (QED) is 0.578. The van der Waals surface area contributed by atoms with Crippen LogP contribution in [-0.2, 0) is 4.79 Å². The van der Waals surface area contributed by atoms with Gasteiger partial charge in [-0.2, -0.15) is 0 Å². The first-order valence-electron chi connectivity index (χ1n) is 3.23. The van der Waals surface area contributed by atoms with Gasteiger partial charge in [0.25, 0.3) is 0 Å². The Morgan fingerprint density at radius 2 is 2.20 bits per heavy atom. The lowest BCUT2D eigenvalue weighted by molar-refractivity contribution is -0.132. The number of rotatable bonds is 3.